The fourth-order valence-corrected chi connectivity index (χ4v) is 1.36. The number of aromatic hydroxyl groups is 2. The van der Waals surface area contributed by atoms with Crippen molar-refractivity contribution in [3.05, 3.63) is 48.5 Å². The van der Waals surface area contributed by atoms with Crippen molar-refractivity contribution in [1.82, 2.24) is 0 Å². The third kappa shape index (κ3) is 2.76. The summed E-state index contributed by atoms with van der Waals surface area (Å²) in [7, 11) is 0. The molecule has 0 aliphatic heterocycles. The standard InChI is InChI=1S/C12H10O2.C2H6/c13-10-7-5-9(6-8-10)11-3-1-2-4-12(11)14;1-2/h1-8,13-14H;1-2H3. The van der Waals surface area contributed by atoms with Crippen LogP contribution in [0.15, 0.2) is 48.5 Å². The van der Waals surface area contributed by atoms with Crippen molar-refractivity contribution in [1.29, 1.82) is 0 Å². The number of phenols is 2. The topological polar surface area (TPSA) is 40.5 Å². The molecule has 0 fully saturated rings. The lowest BCUT2D eigenvalue weighted by Gasteiger charge is -2.03. The van der Waals surface area contributed by atoms with Crippen LogP contribution in [-0.2, 0) is 0 Å². The molecule has 0 atom stereocenters. The predicted octanol–water partition coefficient (Wildman–Crippen LogP) is 3.79. The van der Waals surface area contributed by atoms with Gasteiger partial charge >= 0.3 is 0 Å². The van der Waals surface area contributed by atoms with E-state index in [1.165, 1.54) is 0 Å². The summed E-state index contributed by atoms with van der Waals surface area (Å²) in [5.74, 6) is 0.474. The first-order valence-corrected chi connectivity index (χ1v) is 5.35. The van der Waals surface area contributed by atoms with Gasteiger partial charge in [0.2, 0.25) is 0 Å². The second kappa shape index (κ2) is 5.81. The third-order valence-electron chi connectivity index (χ3n) is 2.08. The van der Waals surface area contributed by atoms with Crippen molar-refractivity contribution < 1.29 is 10.2 Å². The molecule has 0 saturated heterocycles. The summed E-state index contributed by atoms with van der Waals surface area (Å²) >= 11 is 0. The average molecular weight is 216 g/mol. The Morgan fingerprint density at radius 2 is 1.31 bits per heavy atom. The van der Waals surface area contributed by atoms with Crippen LogP contribution in [0.1, 0.15) is 13.8 Å². The zero-order chi connectivity index (χ0) is 12.0. The molecule has 0 aromatic heterocycles. The van der Waals surface area contributed by atoms with Crippen LogP contribution in [0.5, 0.6) is 11.5 Å². The Labute approximate surface area is 95.8 Å². The summed E-state index contributed by atoms with van der Waals surface area (Å²) in [6, 6.07) is 13.9. The molecule has 2 heteroatoms. The number of benzene rings is 2. The van der Waals surface area contributed by atoms with E-state index in [2.05, 4.69) is 0 Å². The Balaban J connectivity index is 0.000000606. The minimum atomic E-state index is 0.226. The number of para-hydroxylation sites is 1. The van der Waals surface area contributed by atoms with Crippen molar-refractivity contribution in [2.75, 3.05) is 0 Å². The van der Waals surface area contributed by atoms with Crippen molar-refractivity contribution in [2.45, 2.75) is 13.8 Å². The number of hydrogen-bond acceptors (Lipinski definition) is 2. The molecule has 0 bridgehead atoms. The Morgan fingerprint density at radius 1 is 0.750 bits per heavy atom. The Morgan fingerprint density at radius 3 is 1.88 bits per heavy atom. The second-order valence-corrected chi connectivity index (χ2v) is 3.06. The zero-order valence-corrected chi connectivity index (χ0v) is 9.51. The van der Waals surface area contributed by atoms with Crippen LogP contribution in [0.3, 0.4) is 0 Å². The molecule has 2 nitrogen and oxygen atoms in total. The maximum absolute atomic E-state index is 9.57. The lowest BCUT2D eigenvalue weighted by Crippen LogP contribution is -1.77. The van der Waals surface area contributed by atoms with Gasteiger partial charge in [-0.1, -0.05) is 44.2 Å². The summed E-state index contributed by atoms with van der Waals surface area (Å²) in [6.07, 6.45) is 0. The molecular weight excluding hydrogens is 200 g/mol. The molecule has 0 unspecified atom stereocenters. The normalized spacial score (nSPS) is 9.12. The number of hydrogen-bond donors (Lipinski definition) is 2. The molecule has 84 valence electrons. The van der Waals surface area contributed by atoms with Crippen LogP contribution in [0.25, 0.3) is 11.1 Å². The molecule has 0 aliphatic rings. The highest BCUT2D eigenvalue weighted by Gasteiger charge is 2.01. The van der Waals surface area contributed by atoms with Crippen LogP contribution >= 0.6 is 0 Å². The summed E-state index contributed by atoms with van der Waals surface area (Å²) in [6.45, 7) is 4.00. The first-order valence-electron chi connectivity index (χ1n) is 5.35. The van der Waals surface area contributed by atoms with E-state index in [4.69, 9.17) is 5.11 Å². The van der Waals surface area contributed by atoms with E-state index in [9.17, 15) is 5.11 Å². The van der Waals surface area contributed by atoms with Crippen molar-refractivity contribution >= 4 is 0 Å². The van der Waals surface area contributed by atoms with Gasteiger partial charge in [-0.3, -0.25) is 0 Å². The Hall–Kier alpha value is -1.96. The maximum Gasteiger partial charge on any atom is 0.123 e. The molecule has 2 aromatic rings. The van der Waals surface area contributed by atoms with Gasteiger partial charge in [0.1, 0.15) is 11.5 Å². The molecule has 16 heavy (non-hydrogen) atoms. The zero-order valence-electron chi connectivity index (χ0n) is 9.51. The van der Waals surface area contributed by atoms with Gasteiger partial charge in [-0.2, -0.15) is 0 Å². The molecule has 0 aliphatic carbocycles. The van der Waals surface area contributed by atoms with E-state index in [1.54, 1.807) is 36.4 Å². The van der Waals surface area contributed by atoms with E-state index in [0.29, 0.717) is 0 Å². The average Bonchev–Trinajstić information content (AvgIpc) is 2.34. The van der Waals surface area contributed by atoms with Crippen molar-refractivity contribution in [3.8, 4) is 22.6 Å². The SMILES string of the molecule is CC.Oc1ccc(-c2ccccc2O)cc1. The highest BCUT2D eigenvalue weighted by Crippen LogP contribution is 2.29. The lowest BCUT2D eigenvalue weighted by molar-refractivity contribution is 0.474. The van der Waals surface area contributed by atoms with Crippen molar-refractivity contribution in [2.24, 2.45) is 0 Å². The molecule has 2 aromatic carbocycles. The van der Waals surface area contributed by atoms with E-state index in [1.807, 2.05) is 26.0 Å². The highest BCUT2D eigenvalue weighted by atomic mass is 16.3. The van der Waals surface area contributed by atoms with Gasteiger partial charge in [0.15, 0.2) is 0 Å². The summed E-state index contributed by atoms with van der Waals surface area (Å²) in [5, 5.41) is 18.7. The van der Waals surface area contributed by atoms with Crippen LogP contribution < -0.4 is 0 Å². The highest BCUT2D eigenvalue weighted by molar-refractivity contribution is 5.70. The lowest BCUT2D eigenvalue weighted by atomic mass is 10.0. The second-order valence-electron chi connectivity index (χ2n) is 3.06. The first kappa shape index (κ1) is 12.1. The quantitative estimate of drug-likeness (QED) is 0.761. The fourth-order valence-electron chi connectivity index (χ4n) is 1.36. The Kier molecular flexibility index (Phi) is 4.40. The van der Waals surface area contributed by atoms with Gasteiger partial charge in [0, 0.05) is 5.56 Å². The van der Waals surface area contributed by atoms with Crippen LogP contribution in [-0.4, -0.2) is 10.2 Å². The van der Waals surface area contributed by atoms with Gasteiger partial charge in [0.25, 0.3) is 0 Å². The number of rotatable bonds is 1. The molecule has 0 radical (unpaired) electrons. The molecule has 2 rings (SSSR count). The van der Waals surface area contributed by atoms with Gasteiger partial charge < -0.3 is 10.2 Å². The number of phenolic OH excluding ortho intramolecular Hbond substituents is 2. The largest absolute Gasteiger partial charge is 0.508 e. The van der Waals surface area contributed by atoms with Gasteiger partial charge in [-0.15, -0.1) is 0 Å². The minimum Gasteiger partial charge on any atom is -0.508 e. The minimum absolute atomic E-state index is 0.226. The van der Waals surface area contributed by atoms with Gasteiger partial charge in [-0.25, -0.2) is 0 Å². The smallest absolute Gasteiger partial charge is 0.123 e. The van der Waals surface area contributed by atoms with E-state index in [-0.39, 0.29) is 11.5 Å². The predicted molar refractivity (Wildman–Crippen MR) is 66.6 cm³/mol. The molecular formula is C14H16O2. The first-order chi connectivity index (χ1) is 7.77. The van der Waals surface area contributed by atoms with Crippen LogP contribution in [0.4, 0.5) is 0 Å². The van der Waals surface area contributed by atoms with E-state index in [0.717, 1.165) is 11.1 Å². The molecule has 0 spiro atoms. The molecule has 2 N–H and O–H groups in total. The molecule has 0 saturated carbocycles. The van der Waals surface area contributed by atoms with Gasteiger partial charge in [-0.05, 0) is 23.8 Å². The van der Waals surface area contributed by atoms with Gasteiger partial charge in [0.05, 0.1) is 0 Å². The van der Waals surface area contributed by atoms with Crippen molar-refractivity contribution in [3.63, 3.8) is 0 Å². The summed E-state index contributed by atoms with van der Waals surface area (Å²) in [5.41, 5.74) is 1.66. The van der Waals surface area contributed by atoms with E-state index >= 15 is 0 Å². The fraction of sp³-hybridized carbons (Fsp3) is 0.143. The molecule has 0 heterocycles. The summed E-state index contributed by atoms with van der Waals surface area (Å²) in [4.78, 5) is 0. The molecule has 0 amide bonds. The Bertz CT molecular complexity index is 433. The van der Waals surface area contributed by atoms with Crippen LogP contribution in [0.2, 0.25) is 0 Å². The maximum atomic E-state index is 9.57. The third-order valence-corrected chi connectivity index (χ3v) is 2.08. The summed E-state index contributed by atoms with van der Waals surface area (Å²) < 4.78 is 0. The monoisotopic (exact) mass is 216 g/mol. The van der Waals surface area contributed by atoms with Crippen LogP contribution in [0, 0.1) is 0 Å². The van der Waals surface area contributed by atoms with E-state index < -0.39 is 0 Å².